The second kappa shape index (κ2) is 6.65. The molecule has 1 saturated heterocycles. The van der Waals surface area contributed by atoms with Gasteiger partial charge in [0.25, 0.3) is 0 Å². The maximum absolute atomic E-state index is 12.1. The lowest BCUT2D eigenvalue weighted by molar-refractivity contribution is 0.423. The molecule has 0 spiro atoms. The monoisotopic (exact) mass is 311 g/mol. The Morgan fingerprint density at radius 1 is 1.39 bits per heavy atom. The van der Waals surface area contributed by atoms with Crippen LogP contribution >= 0.6 is 24.0 Å². The Morgan fingerprint density at radius 2 is 2.17 bits per heavy atom. The molecule has 0 aliphatic carbocycles. The van der Waals surface area contributed by atoms with E-state index in [9.17, 15) is 8.42 Å². The van der Waals surface area contributed by atoms with Crippen LogP contribution in [-0.4, -0.2) is 36.7 Å². The fourth-order valence-electron chi connectivity index (χ4n) is 1.90. The summed E-state index contributed by atoms with van der Waals surface area (Å²) in [5.41, 5.74) is 0. The van der Waals surface area contributed by atoms with Crippen LogP contribution in [0.1, 0.15) is 19.3 Å². The standard InChI is InChI=1S/C10H14ClN3O2S.ClH/c11-9-5-10(14-7-13-9)17(15,16)6-8-3-1-2-4-12-8;/h5,7-8,12H,1-4,6H2;1H. The number of sulfone groups is 1. The van der Waals surface area contributed by atoms with E-state index < -0.39 is 9.84 Å². The van der Waals surface area contributed by atoms with Crippen LogP contribution in [0.5, 0.6) is 0 Å². The van der Waals surface area contributed by atoms with Crippen molar-refractivity contribution in [3.63, 3.8) is 0 Å². The molecule has 1 fully saturated rings. The van der Waals surface area contributed by atoms with Gasteiger partial charge in [0.15, 0.2) is 14.9 Å². The first-order valence-corrected chi connectivity index (χ1v) is 7.55. The molecule has 1 unspecified atom stereocenters. The van der Waals surface area contributed by atoms with Crippen LogP contribution in [0.3, 0.4) is 0 Å². The van der Waals surface area contributed by atoms with Gasteiger partial charge in [-0.05, 0) is 19.4 Å². The van der Waals surface area contributed by atoms with Crippen molar-refractivity contribution >= 4 is 33.8 Å². The summed E-state index contributed by atoms with van der Waals surface area (Å²) in [7, 11) is -3.38. The topological polar surface area (TPSA) is 72.0 Å². The molecule has 8 heteroatoms. The minimum absolute atomic E-state index is 0. The Morgan fingerprint density at radius 3 is 2.78 bits per heavy atom. The van der Waals surface area contributed by atoms with Gasteiger partial charge in [-0.15, -0.1) is 12.4 Å². The molecule has 0 radical (unpaired) electrons. The first kappa shape index (κ1) is 15.6. The number of rotatable bonds is 3. The number of nitrogens with one attached hydrogen (secondary N) is 1. The summed E-state index contributed by atoms with van der Waals surface area (Å²) >= 11 is 5.66. The van der Waals surface area contributed by atoms with E-state index in [1.54, 1.807) is 0 Å². The first-order valence-electron chi connectivity index (χ1n) is 5.51. The molecule has 1 aliphatic heterocycles. The number of aromatic nitrogens is 2. The van der Waals surface area contributed by atoms with Gasteiger partial charge in [0.1, 0.15) is 11.5 Å². The van der Waals surface area contributed by atoms with Crippen LogP contribution in [0, 0.1) is 0 Å². The molecule has 5 nitrogen and oxygen atoms in total. The highest BCUT2D eigenvalue weighted by molar-refractivity contribution is 7.91. The van der Waals surface area contributed by atoms with Gasteiger partial charge in [-0.2, -0.15) is 0 Å². The molecule has 1 atom stereocenters. The summed E-state index contributed by atoms with van der Waals surface area (Å²) in [6.07, 6.45) is 4.23. The van der Waals surface area contributed by atoms with Crippen LogP contribution < -0.4 is 5.32 Å². The molecule has 0 amide bonds. The highest BCUT2D eigenvalue weighted by Crippen LogP contribution is 2.15. The lowest BCUT2D eigenvalue weighted by atomic mass is 10.1. The summed E-state index contributed by atoms with van der Waals surface area (Å²) < 4.78 is 24.1. The zero-order valence-corrected chi connectivity index (χ0v) is 12.1. The minimum Gasteiger partial charge on any atom is -0.313 e. The zero-order chi connectivity index (χ0) is 12.3. The van der Waals surface area contributed by atoms with Crippen molar-refractivity contribution in [2.24, 2.45) is 0 Å². The predicted octanol–water partition coefficient (Wildman–Crippen LogP) is 1.47. The first-order chi connectivity index (χ1) is 8.08. The summed E-state index contributed by atoms with van der Waals surface area (Å²) in [5, 5.41) is 3.36. The van der Waals surface area contributed by atoms with Crippen LogP contribution in [0.25, 0.3) is 0 Å². The van der Waals surface area contributed by atoms with Gasteiger partial charge in [0, 0.05) is 12.1 Å². The molecule has 1 N–H and O–H groups in total. The summed E-state index contributed by atoms with van der Waals surface area (Å²) in [6.45, 7) is 0.880. The van der Waals surface area contributed by atoms with Crippen molar-refractivity contribution in [1.82, 2.24) is 15.3 Å². The maximum Gasteiger partial charge on any atom is 0.197 e. The lowest BCUT2D eigenvalue weighted by Gasteiger charge is -2.22. The summed E-state index contributed by atoms with van der Waals surface area (Å²) in [6, 6.07) is 1.31. The van der Waals surface area contributed by atoms with Gasteiger partial charge in [0.05, 0.1) is 5.75 Å². The highest BCUT2D eigenvalue weighted by atomic mass is 35.5. The van der Waals surface area contributed by atoms with E-state index in [0.717, 1.165) is 25.8 Å². The van der Waals surface area contributed by atoms with Gasteiger partial charge < -0.3 is 5.32 Å². The van der Waals surface area contributed by atoms with Gasteiger partial charge in [-0.25, -0.2) is 18.4 Å². The molecule has 0 bridgehead atoms. The average molecular weight is 312 g/mol. The van der Waals surface area contributed by atoms with Crippen LogP contribution in [-0.2, 0) is 9.84 Å². The molecule has 0 saturated carbocycles. The lowest BCUT2D eigenvalue weighted by Crippen LogP contribution is -2.39. The Bertz CT molecular complexity index is 490. The molecule has 1 aromatic heterocycles. The van der Waals surface area contributed by atoms with E-state index in [0.29, 0.717) is 0 Å². The Kier molecular flexibility index (Phi) is 5.78. The van der Waals surface area contributed by atoms with E-state index in [4.69, 9.17) is 11.6 Å². The fraction of sp³-hybridized carbons (Fsp3) is 0.600. The Labute approximate surface area is 118 Å². The second-order valence-electron chi connectivity index (χ2n) is 4.11. The normalized spacial score (nSPS) is 20.2. The smallest absolute Gasteiger partial charge is 0.197 e. The predicted molar refractivity (Wildman–Crippen MR) is 72.0 cm³/mol. The second-order valence-corrected chi connectivity index (χ2v) is 6.48. The van der Waals surface area contributed by atoms with Gasteiger partial charge in [0.2, 0.25) is 0 Å². The van der Waals surface area contributed by atoms with E-state index in [1.165, 1.54) is 12.4 Å². The number of nitrogens with zero attached hydrogens (tertiary/aromatic N) is 2. The molecular formula is C10H15Cl2N3O2S. The molecule has 0 aromatic carbocycles. The van der Waals surface area contributed by atoms with Crippen LogP contribution in [0.15, 0.2) is 17.4 Å². The molecular weight excluding hydrogens is 297 g/mol. The van der Waals surface area contributed by atoms with E-state index in [-0.39, 0.29) is 34.4 Å². The van der Waals surface area contributed by atoms with Crippen LogP contribution in [0.2, 0.25) is 5.15 Å². The van der Waals surface area contributed by atoms with Crippen molar-refractivity contribution in [3.05, 3.63) is 17.5 Å². The quantitative estimate of drug-likeness (QED) is 0.856. The third-order valence-electron chi connectivity index (χ3n) is 2.76. The number of piperidine rings is 1. The van der Waals surface area contributed by atoms with Crippen molar-refractivity contribution in [1.29, 1.82) is 0 Å². The van der Waals surface area contributed by atoms with Crippen molar-refractivity contribution in [2.45, 2.75) is 30.3 Å². The van der Waals surface area contributed by atoms with E-state index in [2.05, 4.69) is 15.3 Å². The largest absolute Gasteiger partial charge is 0.313 e. The number of hydrogen-bond donors (Lipinski definition) is 1. The van der Waals surface area contributed by atoms with Gasteiger partial charge in [-0.1, -0.05) is 18.0 Å². The summed E-state index contributed by atoms with van der Waals surface area (Å²) in [4.78, 5) is 7.44. The average Bonchev–Trinajstić information content (AvgIpc) is 2.30. The highest BCUT2D eigenvalue weighted by Gasteiger charge is 2.23. The molecule has 2 heterocycles. The minimum atomic E-state index is -3.38. The molecule has 2 rings (SSSR count). The Balaban J connectivity index is 0.00000162. The van der Waals surface area contributed by atoms with Gasteiger partial charge in [-0.3, -0.25) is 0 Å². The number of hydrogen-bond acceptors (Lipinski definition) is 5. The molecule has 102 valence electrons. The summed E-state index contributed by atoms with van der Waals surface area (Å²) in [5.74, 6) is 0.0698. The van der Waals surface area contributed by atoms with E-state index >= 15 is 0 Å². The Hall–Kier alpha value is -0.430. The maximum atomic E-state index is 12.1. The third-order valence-corrected chi connectivity index (χ3v) is 4.67. The number of halogens is 2. The SMILES string of the molecule is Cl.O=S(=O)(CC1CCCCN1)c1cc(Cl)ncn1. The molecule has 1 aliphatic rings. The molecule has 1 aromatic rings. The fourth-order valence-corrected chi connectivity index (χ4v) is 3.60. The zero-order valence-electron chi connectivity index (χ0n) is 9.67. The van der Waals surface area contributed by atoms with Crippen LogP contribution in [0.4, 0.5) is 0 Å². The third kappa shape index (κ3) is 4.05. The van der Waals surface area contributed by atoms with Crippen molar-refractivity contribution in [2.75, 3.05) is 12.3 Å². The van der Waals surface area contributed by atoms with Gasteiger partial charge >= 0.3 is 0 Å². The molecule has 18 heavy (non-hydrogen) atoms. The van der Waals surface area contributed by atoms with E-state index in [1.807, 2.05) is 0 Å². The van der Waals surface area contributed by atoms with Crippen molar-refractivity contribution in [3.8, 4) is 0 Å². The van der Waals surface area contributed by atoms with Crippen molar-refractivity contribution < 1.29 is 8.42 Å².